The number of hydrogen-bond donors (Lipinski definition) is 2. The molecule has 5 heteroatoms. The number of aromatic nitrogens is 2. The molecule has 0 saturated heterocycles. The second-order valence-electron chi connectivity index (χ2n) is 3.61. The van der Waals surface area contributed by atoms with Crippen molar-refractivity contribution in [2.75, 3.05) is 0 Å². The van der Waals surface area contributed by atoms with Crippen molar-refractivity contribution >= 4 is 21.7 Å². The largest absolute Gasteiger partial charge is 0.504 e. The number of nitrogens with zero attached hydrogens (tertiary/aromatic N) is 2. The zero-order chi connectivity index (χ0) is 11.8. The molecule has 0 fully saturated rings. The van der Waals surface area contributed by atoms with E-state index in [0.717, 1.165) is 10.3 Å². The van der Waals surface area contributed by atoms with Crippen LogP contribution in [-0.4, -0.2) is 19.8 Å². The van der Waals surface area contributed by atoms with E-state index in [0.29, 0.717) is 11.1 Å². The first-order chi connectivity index (χ1) is 8.27. The Morgan fingerprint density at radius 1 is 1.06 bits per heavy atom. The summed E-state index contributed by atoms with van der Waals surface area (Å²) in [4.78, 5) is 0. The van der Waals surface area contributed by atoms with E-state index in [1.54, 1.807) is 0 Å². The number of phenolic OH excluding ortho intramolecular Hbond substituents is 2. The van der Waals surface area contributed by atoms with Crippen molar-refractivity contribution in [1.82, 2.24) is 9.59 Å². The topological polar surface area (TPSA) is 66.2 Å². The van der Waals surface area contributed by atoms with Gasteiger partial charge in [0, 0.05) is 6.07 Å². The lowest BCUT2D eigenvalue weighted by molar-refractivity contribution is 0.406. The van der Waals surface area contributed by atoms with Crippen molar-refractivity contribution in [1.29, 1.82) is 0 Å². The summed E-state index contributed by atoms with van der Waals surface area (Å²) in [5, 5.41) is 23.6. The fraction of sp³-hybridized carbons (Fsp3) is 0. The fourth-order valence-electron chi connectivity index (χ4n) is 1.78. The Morgan fingerprint density at radius 3 is 2.59 bits per heavy atom. The van der Waals surface area contributed by atoms with E-state index >= 15 is 0 Å². The van der Waals surface area contributed by atoms with E-state index < -0.39 is 0 Å². The molecular formula is C12H8N2O2S. The van der Waals surface area contributed by atoms with Gasteiger partial charge in [-0.15, -0.1) is 5.10 Å². The van der Waals surface area contributed by atoms with Crippen LogP contribution in [0.2, 0.25) is 0 Å². The second-order valence-corrected chi connectivity index (χ2v) is 4.39. The van der Waals surface area contributed by atoms with E-state index in [-0.39, 0.29) is 11.5 Å². The van der Waals surface area contributed by atoms with Crippen LogP contribution < -0.4 is 0 Å². The molecule has 17 heavy (non-hydrogen) atoms. The average molecular weight is 244 g/mol. The van der Waals surface area contributed by atoms with Gasteiger partial charge in [0.2, 0.25) is 0 Å². The summed E-state index contributed by atoms with van der Waals surface area (Å²) in [6, 6.07) is 10.8. The van der Waals surface area contributed by atoms with Crippen LogP contribution in [0.5, 0.6) is 11.5 Å². The number of hydrogen-bond acceptors (Lipinski definition) is 5. The molecule has 0 saturated carbocycles. The molecule has 0 unspecified atom stereocenters. The number of rotatable bonds is 1. The molecule has 0 bridgehead atoms. The molecule has 3 aromatic rings. The third-order valence-electron chi connectivity index (χ3n) is 2.56. The summed E-state index contributed by atoms with van der Waals surface area (Å²) >= 11 is 1.19. The quantitative estimate of drug-likeness (QED) is 0.646. The molecule has 84 valence electrons. The molecule has 0 atom stereocenters. The highest BCUT2D eigenvalue weighted by molar-refractivity contribution is 7.13. The first-order valence-electron chi connectivity index (χ1n) is 5.00. The van der Waals surface area contributed by atoms with Crippen LogP contribution in [-0.2, 0) is 0 Å². The summed E-state index contributed by atoms with van der Waals surface area (Å²) in [7, 11) is 0. The van der Waals surface area contributed by atoms with Crippen molar-refractivity contribution in [2.45, 2.75) is 0 Å². The van der Waals surface area contributed by atoms with Gasteiger partial charge in [-0.3, -0.25) is 0 Å². The molecule has 4 nitrogen and oxygen atoms in total. The minimum Gasteiger partial charge on any atom is -0.504 e. The molecule has 0 aliphatic carbocycles. The minimum atomic E-state index is -0.156. The lowest BCUT2D eigenvalue weighted by Gasteiger charge is -2.06. The summed E-state index contributed by atoms with van der Waals surface area (Å²) in [5.74, 6) is -0.307. The van der Waals surface area contributed by atoms with Gasteiger partial charge in [0.05, 0.1) is 10.3 Å². The van der Waals surface area contributed by atoms with E-state index in [9.17, 15) is 10.2 Å². The van der Waals surface area contributed by atoms with Gasteiger partial charge in [-0.2, -0.15) is 0 Å². The fourth-order valence-corrected chi connectivity index (χ4v) is 2.38. The van der Waals surface area contributed by atoms with Crippen LogP contribution in [0.25, 0.3) is 21.3 Å². The monoisotopic (exact) mass is 244 g/mol. The normalized spacial score (nSPS) is 10.8. The Kier molecular flexibility index (Phi) is 2.19. The van der Waals surface area contributed by atoms with Crippen molar-refractivity contribution in [3.05, 3.63) is 36.4 Å². The van der Waals surface area contributed by atoms with Crippen LogP contribution in [0.15, 0.2) is 36.4 Å². The molecule has 0 radical (unpaired) electrons. The van der Waals surface area contributed by atoms with Gasteiger partial charge in [-0.25, -0.2) is 0 Å². The Bertz CT molecular complexity index is 680. The minimum absolute atomic E-state index is 0.151. The van der Waals surface area contributed by atoms with Crippen molar-refractivity contribution in [3.63, 3.8) is 0 Å². The third kappa shape index (κ3) is 1.52. The van der Waals surface area contributed by atoms with Crippen molar-refractivity contribution < 1.29 is 10.2 Å². The predicted octanol–water partition coefficient (Wildman–Crippen LogP) is 2.77. The van der Waals surface area contributed by atoms with Gasteiger partial charge in [0.25, 0.3) is 0 Å². The Hall–Kier alpha value is -2.14. The van der Waals surface area contributed by atoms with Crippen LogP contribution in [0.3, 0.4) is 0 Å². The number of fused-ring (bicyclic) bond motifs is 1. The molecule has 0 amide bonds. The molecule has 0 spiro atoms. The number of aromatic hydroxyl groups is 2. The summed E-state index contributed by atoms with van der Waals surface area (Å²) < 4.78 is 4.59. The van der Waals surface area contributed by atoms with E-state index in [4.69, 9.17) is 0 Å². The lowest BCUT2D eigenvalue weighted by atomic mass is 10.0. The number of phenols is 2. The first kappa shape index (κ1) is 10.0. The van der Waals surface area contributed by atoms with E-state index in [2.05, 4.69) is 9.59 Å². The maximum atomic E-state index is 9.95. The molecular weight excluding hydrogens is 236 g/mol. The van der Waals surface area contributed by atoms with E-state index in [1.807, 2.05) is 30.3 Å². The maximum absolute atomic E-state index is 9.95. The molecule has 0 aliphatic rings. The van der Waals surface area contributed by atoms with Crippen molar-refractivity contribution in [3.8, 4) is 22.6 Å². The van der Waals surface area contributed by atoms with Crippen LogP contribution >= 0.6 is 11.5 Å². The first-order valence-corrected chi connectivity index (χ1v) is 5.77. The maximum Gasteiger partial charge on any atom is 0.167 e. The highest BCUT2D eigenvalue weighted by Crippen LogP contribution is 2.42. The smallest absolute Gasteiger partial charge is 0.167 e. The lowest BCUT2D eigenvalue weighted by Crippen LogP contribution is -1.83. The second kappa shape index (κ2) is 3.71. The van der Waals surface area contributed by atoms with Crippen molar-refractivity contribution in [2.24, 2.45) is 0 Å². The van der Waals surface area contributed by atoms with Gasteiger partial charge in [-0.1, -0.05) is 34.8 Å². The molecule has 2 N–H and O–H groups in total. The Balaban J connectivity index is 2.42. The summed E-state index contributed by atoms with van der Waals surface area (Å²) in [6.07, 6.45) is 0. The Labute approximate surface area is 101 Å². The van der Waals surface area contributed by atoms with Gasteiger partial charge < -0.3 is 10.2 Å². The van der Waals surface area contributed by atoms with Crippen LogP contribution in [0, 0.1) is 0 Å². The van der Waals surface area contributed by atoms with Crippen LogP contribution in [0.4, 0.5) is 0 Å². The zero-order valence-electron chi connectivity index (χ0n) is 8.66. The summed E-state index contributed by atoms with van der Waals surface area (Å²) in [5.41, 5.74) is 1.93. The standard InChI is InChI=1S/C12H8N2O2S/c15-8-6-9-11(13-14-17-9)10(12(8)16)7-4-2-1-3-5-7/h1-6,15-16H. The van der Waals surface area contributed by atoms with E-state index in [1.165, 1.54) is 17.6 Å². The van der Waals surface area contributed by atoms with Gasteiger partial charge in [0.15, 0.2) is 11.5 Å². The average Bonchev–Trinajstić information content (AvgIpc) is 2.79. The molecule has 2 aromatic carbocycles. The molecule has 1 heterocycles. The zero-order valence-corrected chi connectivity index (χ0v) is 9.48. The van der Waals surface area contributed by atoms with Gasteiger partial charge >= 0.3 is 0 Å². The number of benzene rings is 2. The predicted molar refractivity (Wildman–Crippen MR) is 66.2 cm³/mol. The van der Waals surface area contributed by atoms with Gasteiger partial charge in [0.1, 0.15) is 5.52 Å². The molecule has 0 aliphatic heterocycles. The molecule has 1 aromatic heterocycles. The Morgan fingerprint density at radius 2 is 1.82 bits per heavy atom. The highest BCUT2D eigenvalue weighted by Gasteiger charge is 2.16. The SMILES string of the molecule is Oc1cc2snnc2c(-c2ccccc2)c1O. The molecule has 3 rings (SSSR count). The third-order valence-corrected chi connectivity index (χ3v) is 3.23. The highest BCUT2D eigenvalue weighted by atomic mass is 32.1. The van der Waals surface area contributed by atoms with Crippen LogP contribution in [0.1, 0.15) is 0 Å². The van der Waals surface area contributed by atoms with Gasteiger partial charge in [-0.05, 0) is 17.1 Å². The summed E-state index contributed by atoms with van der Waals surface area (Å²) in [6.45, 7) is 0.